The predicted octanol–water partition coefficient (Wildman–Crippen LogP) is -0.655. The van der Waals surface area contributed by atoms with Gasteiger partial charge in [-0.15, -0.1) is 0 Å². The van der Waals surface area contributed by atoms with Crippen LogP contribution in [0.15, 0.2) is 109 Å². The van der Waals surface area contributed by atoms with Gasteiger partial charge >= 0.3 is 5.97 Å². The average Bonchev–Trinajstić information content (AvgIpc) is 0.768. The number of fused-ring (bicyclic) bond motifs is 15. The maximum absolute atomic E-state index is 16.4. The number of aliphatic carboxylic acids is 1. The van der Waals surface area contributed by atoms with Crippen LogP contribution >= 0.6 is 23.2 Å². The predicted molar refractivity (Wildman–Crippen MR) is 446 cm³/mol. The van der Waals surface area contributed by atoms with E-state index in [1.165, 1.54) is 38.6 Å². The second-order valence-corrected chi connectivity index (χ2v) is 34.0. The number of halogens is 2. The molecule has 42 heteroatoms. The Hall–Kier alpha value is -10.3. The Morgan fingerprint density at radius 1 is 0.654 bits per heavy atom. The Bertz CT molecular complexity index is 5040. The smallest absolute Gasteiger partial charge is 0.330 e. The number of likely N-dealkylation sites (N-methyl/N-ethyl adjacent to an activating group) is 1. The van der Waals surface area contributed by atoms with Gasteiger partial charge in [-0.25, -0.2) is 4.79 Å². The number of rotatable bonds is 22. The zero-order valence-electron chi connectivity index (χ0n) is 69.4. The number of piperazine rings is 1. The van der Waals surface area contributed by atoms with Gasteiger partial charge in [0.2, 0.25) is 53.4 Å². The zero-order chi connectivity index (χ0) is 91.5. The van der Waals surface area contributed by atoms with E-state index in [0.29, 0.717) is 13.1 Å². The van der Waals surface area contributed by atoms with Crippen molar-refractivity contribution in [3.8, 4) is 57.1 Å². The first-order valence-electron chi connectivity index (χ1n) is 41.2. The van der Waals surface area contributed by atoms with Crippen LogP contribution in [0.4, 0.5) is 0 Å². The first kappa shape index (κ1) is 94.4. The second-order valence-electron chi connectivity index (χ2n) is 33.1. The number of carbonyl (C=O) groups excluding carboxylic acids is 7. The third kappa shape index (κ3) is 21.4. The Labute approximate surface area is 736 Å². The number of phenolic OH excluding ortho intramolecular Hbond substituents is 3. The monoisotopic (exact) mass is 1810 g/mol. The fourth-order valence-electron chi connectivity index (χ4n) is 16.5. The standard InChI is InChI=1S/C85H104Cl2N12O28/c1-36(2)23-48(90-5)76(112)96-64-66(105)40-12-15-52(46(86)25-40)121-54-27-42-28-55(73(54)126-84-71(110)69(108)74(57(35-100)124-84)127-83-70(109)68(107)67(106)56(123-83)33-91-17-18-98-19-21-99(22-20-98)34-38-9-7-6-8-10-38)122-53-16-13-41(26-47(53)87)72(125-59-32-85(4,89)75(111)37(3)120-59)65-81(117)95-63(82(118)119)45-29-43(101)30-51(103)60(45)44-24-39(11-14-50(44)102)61(78(114)97-65)94-79(115)62(42)93-77(113)49(31-58(88)104)92-80(64)116/h6-16,24-30,36-37,48-49,56-57,59,61-72,74-75,83-84,90-91,100-103,105-111H,17-23,31-35,89H2,1-5H3,(H2,88,104)(H,92,116)(H,93,113)(H,94,115)(H,95,117)(H,96,112)(H,97,114)(H,118,119)/t37-,48+,49-,56+,57+,59?,61+,62+,63+,64?,65-,66+,67-,68-,69+,70+,71+,72+,74+,75-,83-,84-,85-/m0/s1. The molecule has 6 aromatic carbocycles. The van der Waals surface area contributed by atoms with Gasteiger partial charge in [0.25, 0.3) is 0 Å². The molecule has 0 aromatic heterocycles. The van der Waals surface area contributed by atoms with Crippen LogP contribution in [-0.2, 0) is 68.6 Å². The van der Waals surface area contributed by atoms with Gasteiger partial charge in [-0.1, -0.05) is 85.6 Å². The minimum Gasteiger partial charge on any atom is -0.508 e. The summed E-state index contributed by atoms with van der Waals surface area (Å²) in [5.74, 6) is -16.6. The summed E-state index contributed by atoms with van der Waals surface area (Å²) in [7, 11) is 1.47. The van der Waals surface area contributed by atoms with Gasteiger partial charge < -0.3 is 153 Å². The molecule has 4 saturated heterocycles. The molecule has 127 heavy (non-hydrogen) atoms. The number of amides is 7. The Balaban J connectivity index is 0.939. The number of nitrogens with zero attached hydrogens (tertiary/aromatic N) is 2. The molecular formula is C85H104Cl2N12O28. The number of nitrogens with one attached hydrogen (secondary N) is 8. The molecular weight excluding hydrogens is 1710 g/mol. The minimum absolute atomic E-state index is 0.0945. The molecule has 23 atom stereocenters. The molecule has 686 valence electrons. The molecule has 9 heterocycles. The van der Waals surface area contributed by atoms with Crippen molar-refractivity contribution in [1.82, 2.24) is 52.3 Å². The van der Waals surface area contributed by atoms with E-state index in [2.05, 4.69) is 64.5 Å². The summed E-state index contributed by atoms with van der Waals surface area (Å²) < 4.78 is 51.4. The summed E-state index contributed by atoms with van der Waals surface area (Å²) >= 11 is 14.5. The van der Waals surface area contributed by atoms with E-state index in [4.69, 9.17) is 72.6 Å². The summed E-state index contributed by atoms with van der Waals surface area (Å²) in [6.45, 7) is 10.4. The molecule has 7 amide bonds. The lowest BCUT2D eigenvalue weighted by molar-refractivity contribution is -0.350. The Morgan fingerprint density at radius 2 is 1.28 bits per heavy atom. The highest BCUT2D eigenvalue weighted by Gasteiger charge is 2.53. The maximum atomic E-state index is 16.4. The third-order valence-electron chi connectivity index (χ3n) is 23.4. The molecule has 0 aliphatic carbocycles. The Morgan fingerprint density at radius 3 is 1.91 bits per heavy atom. The van der Waals surface area contributed by atoms with E-state index in [1.54, 1.807) is 0 Å². The number of primary amides is 1. The fraction of sp³-hybridized carbons (Fsp3) is 0.482. The molecule has 11 bridgehead atoms. The number of aliphatic hydroxyl groups is 8. The van der Waals surface area contributed by atoms with Crippen molar-refractivity contribution in [3.05, 3.63) is 153 Å². The number of nitrogens with two attached hydrogens (primary N) is 2. The molecule has 4 fully saturated rings. The molecule has 40 nitrogen and oxygen atoms in total. The van der Waals surface area contributed by atoms with Crippen molar-refractivity contribution < 1.29 is 138 Å². The number of ether oxygens (including phenoxy) is 8. The summed E-state index contributed by atoms with van der Waals surface area (Å²) in [6.07, 6.45) is -28.8. The van der Waals surface area contributed by atoms with Gasteiger partial charge in [0.05, 0.1) is 41.3 Å². The van der Waals surface area contributed by atoms with Crippen molar-refractivity contribution in [2.45, 2.75) is 193 Å². The highest BCUT2D eigenvalue weighted by molar-refractivity contribution is 6.32. The fourth-order valence-corrected chi connectivity index (χ4v) is 16.9. The molecule has 9 aliphatic rings. The lowest BCUT2D eigenvalue weighted by atomic mass is 9.86. The van der Waals surface area contributed by atoms with Crippen molar-refractivity contribution in [3.63, 3.8) is 0 Å². The summed E-state index contributed by atoms with van der Waals surface area (Å²) in [6, 6.07) is 9.22. The number of hydrogen-bond donors (Lipinski definition) is 22. The SMILES string of the molecule is CN[C@H](CC(C)C)C(=O)NC1C(=O)N[C@@H](CC(N)=O)C(=O)N[C@H]2C(=O)N[C@H]3C(=O)N[C@H](C(=O)N[C@@H](C(=O)O)c4cc(O)cc(O)c4-c4cc3ccc4O)[C@H](OC3C[C@](C)(N)[C@@H](O)[C@H](C)O3)c3ccc(c(Cl)c3)Oc3cc2cc(c3O[C@@H]2O[C@H](CO)[C@@H](O[C@@H]3O[C@H](CNCCN4CCN(Cc5ccccc5)CC4)[C@H](O)[C@H](O)[C@H]3O)[C@H](O)[C@H]2O)Oc2ccc(cc2Cl)[C@H]1O. The number of phenols is 3. The van der Waals surface area contributed by atoms with Crippen LogP contribution in [0.2, 0.25) is 10.0 Å². The van der Waals surface area contributed by atoms with Crippen molar-refractivity contribution >= 4 is 70.5 Å². The van der Waals surface area contributed by atoms with E-state index in [1.807, 2.05) is 32.0 Å². The normalized spacial score (nSPS) is 30.5. The van der Waals surface area contributed by atoms with Crippen LogP contribution < -0.4 is 68.2 Å². The maximum Gasteiger partial charge on any atom is 0.330 e. The van der Waals surface area contributed by atoms with Crippen LogP contribution in [0.5, 0.6) is 46.0 Å². The molecule has 0 spiro atoms. The van der Waals surface area contributed by atoms with Crippen LogP contribution in [0.3, 0.4) is 0 Å². The van der Waals surface area contributed by atoms with Gasteiger partial charge in [0, 0.05) is 87.1 Å². The minimum atomic E-state index is -2.42. The largest absolute Gasteiger partial charge is 0.508 e. The van der Waals surface area contributed by atoms with Crippen LogP contribution in [0, 0.1) is 5.92 Å². The third-order valence-corrected chi connectivity index (χ3v) is 23.9. The van der Waals surface area contributed by atoms with Crippen molar-refractivity contribution in [2.24, 2.45) is 17.4 Å². The second kappa shape index (κ2) is 40.2. The van der Waals surface area contributed by atoms with Crippen LogP contribution in [0.25, 0.3) is 11.1 Å². The number of hydrogen-bond acceptors (Lipinski definition) is 32. The average molecular weight is 1810 g/mol. The quantitative estimate of drug-likeness (QED) is 0.0375. The number of carbonyl (C=O) groups is 8. The van der Waals surface area contributed by atoms with Gasteiger partial charge in [0.15, 0.2) is 30.1 Å². The zero-order valence-corrected chi connectivity index (χ0v) is 70.9. The molecule has 24 N–H and O–H groups in total. The van der Waals surface area contributed by atoms with E-state index in [9.17, 15) is 75.7 Å². The number of benzene rings is 6. The molecule has 0 radical (unpaired) electrons. The van der Waals surface area contributed by atoms with Crippen LogP contribution in [-0.4, -0.2) is 287 Å². The van der Waals surface area contributed by atoms with Gasteiger partial charge in [-0.2, -0.15) is 0 Å². The number of carboxylic acids is 1. The highest BCUT2D eigenvalue weighted by atomic mass is 35.5. The topological polar surface area (TPSA) is 608 Å². The number of aliphatic hydroxyl groups excluding tert-OH is 8. The van der Waals surface area contributed by atoms with Crippen molar-refractivity contribution in [2.75, 3.05) is 59.5 Å². The van der Waals surface area contributed by atoms with Crippen molar-refractivity contribution in [1.29, 1.82) is 0 Å². The van der Waals surface area contributed by atoms with E-state index in [0.717, 1.165) is 99.5 Å². The van der Waals surface area contributed by atoms with E-state index in [-0.39, 0.29) is 42.0 Å². The van der Waals surface area contributed by atoms with Gasteiger partial charge in [0.1, 0.15) is 120 Å². The summed E-state index contributed by atoms with van der Waals surface area (Å²) in [4.78, 5) is 125. The molecule has 9 aliphatic heterocycles. The van der Waals surface area contributed by atoms with Crippen LogP contribution in [0.1, 0.15) is 111 Å². The molecule has 0 saturated carbocycles. The molecule has 2 unspecified atom stereocenters. The Kier molecular flexibility index (Phi) is 29.9. The van der Waals surface area contributed by atoms with E-state index < -0.39 is 279 Å². The summed E-state index contributed by atoms with van der Waals surface area (Å²) in [5.41, 5.74) is 9.25. The summed E-state index contributed by atoms with van der Waals surface area (Å²) in [5, 5.41) is 160. The first-order chi connectivity index (χ1) is 60.4. The first-order valence-corrected chi connectivity index (χ1v) is 41.9. The van der Waals surface area contributed by atoms with Gasteiger partial charge in [-0.05, 0) is 116 Å². The van der Waals surface area contributed by atoms with E-state index >= 15 is 24.0 Å². The lowest BCUT2D eigenvalue weighted by Gasteiger charge is -2.46. The molecule has 6 aromatic rings. The number of carboxylic acid groups (broad SMARTS) is 1. The highest BCUT2D eigenvalue weighted by Crippen LogP contribution is 2.50. The lowest BCUT2D eigenvalue weighted by Crippen LogP contribution is -2.65. The number of aromatic hydroxyl groups is 3. The van der Waals surface area contributed by atoms with Gasteiger partial charge in [-0.3, -0.25) is 43.4 Å². The molecule has 15 rings (SSSR count).